The second-order valence-electron chi connectivity index (χ2n) is 11.9. The van der Waals surface area contributed by atoms with Crippen LogP contribution in [-0.2, 0) is 9.47 Å². The van der Waals surface area contributed by atoms with E-state index in [2.05, 4.69) is 36.2 Å². The van der Waals surface area contributed by atoms with Gasteiger partial charge in [-0.2, -0.15) is 15.0 Å². The number of nitrogens with zero attached hydrogens (tertiary/aromatic N) is 3. The highest BCUT2D eigenvalue weighted by Crippen LogP contribution is 2.23. The van der Waals surface area contributed by atoms with Crippen molar-refractivity contribution in [3.63, 3.8) is 0 Å². The Hall–Kier alpha value is -5.07. The molecule has 3 aromatic carbocycles. The maximum Gasteiger partial charge on any atom is 0.251 e. The summed E-state index contributed by atoms with van der Waals surface area (Å²) in [5.41, 5.74) is 2.72. The van der Waals surface area contributed by atoms with Crippen molar-refractivity contribution >= 4 is 40.9 Å². The van der Waals surface area contributed by atoms with Gasteiger partial charge in [0.2, 0.25) is 17.8 Å². The fourth-order valence-electron chi connectivity index (χ4n) is 5.47. The Labute approximate surface area is 287 Å². The van der Waals surface area contributed by atoms with Crippen molar-refractivity contribution in [2.24, 2.45) is 5.92 Å². The molecule has 1 saturated carbocycles. The SMILES string of the molecule is O=C(CCCOCCOCCNc1nc(Nc2ccc(O)cc2)nc(Nc2ccc(C(=O)NCC3CCCCC3)cc2)n1)c1ccccc1. The number of ketones is 1. The van der Waals surface area contributed by atoms with E-state index in [4.69, 9.17) is 9.47 Å². The zero-order valence-corrected chi connectivity index (χ0v) is 27.7. The molecule has 1 heterocycles. The van der Waals surface area contributed by atoms with Gasteiger partial charge in [0.05, 0.1) is 19.8 Å². The number of rotatable bonds is 19. The van der Waals surface area contributed by atoms with Crippen LogP contribution in [0.1, 0.15) is 65.7 Å². The molecular weight excluding hydrogens is 622 g/mol. The zero-order chi connectivity index (χ0) is 34.1. The Balaban J connectivity index is 1.08. The third-order valence-electron chi connectivity index (χ3n) is 8.13. The smallest absolute Gasteiger partial charge is 0.251 e. The van der Waals surface area contributed by atoms with Crippen LogP contribution < -0.4 is 21.3 Å². The summed E-state index contributed by atoms with van der Waals surface area (Å²) >= 11 is 0. The van der Waals surface area contributed by atoms with Gasteiger partial charge in [0.15, 0.2) is 5.78 Å². The first-order valence-electron chi connectivity index (χ1n) is 17.0. The van der Waals surface area contributed by atoms with Crippen molar-refractivity contribution in [3.05, 3.63) is 90.0 Å². The van der Waals surface area contributed by atoms with Crippen LogP contribution in [0.3, 0.4) is 0 Å². The Morgan fingerprint density at radius 1 is 0.694 bits per heavy atom. The lowest BCUT2D eigenvalue weighted by Gasteiger charge is -2.21. The lowest BCUT2D eigenvalue weighted by atomic mass is 9.89. The van der Waals surface area contributed by atoms with Crippen LogP contribution in [0.2, 0.25) is 0 Å². The van der Waals surface area contributed by atoms with E-state index in [1.807, 2.05) is 42.5 Å². The molecule has 0 saturated heterocycles. The number of Topliss-reactive ketones (excluding diaryl/α,β-unsaturated/α-hetero) is 1. The Morgan fingerprint density at radius 3 is 1.98 bits per heavy atom. The van der Waals surface area contributed by atoms with Gasteiger partial charge in [-0.15, -0.1) is 0 Å². The number of hydrogen-bond donors (Lipinski definition) is 5. The van der Waals surface area contributed by atoms with Gasteiger partial charge < -0.3 is 35.8 Å². The van der Waals surface area contributed by atoms with Crippen molar-refractivity contribution in [3.8, 4) is 5.75 Å². The second-order valence-corrected chi connectivity index (χ2v) is 11.9. The van der Waals surface area contributed by atoms with Gasteiger partial charge in [0, 0.05) is 48.6 Å². The van der Waals surface area contributed by atoms with Crippen molar-refractivity contribution in [1.29, 1.82) is 0 Å². The Morgan fingerprint density at radius 2 is 1.31 bits per heavy atom. The van der Waals surface area contributed by atoms with Crippen molar-refractivity contribution < 1.29 is 24.2 Å². The molecule has 0 aliphatic heterocycles. The number of phenols is 1. The molecule has 0 radical (unpaired) electrons. The average Bonchev–Trinajstić information content (AvgIpc) is 3.13. The maximum absolute atomic E-state index is 12.7. The third-order valence-corrected chi connectivity index (χ3v) is 8.13. The van der Waals surface area contributed by atoms with Crippen LogP contribution in [0.4, 0.5) is 29.2 Å². The highest BCUT2D eigenvalue weighted by atomic mass is 16.5. The van der Waals surface area contributed by atoms with Gasteiger partial charge in [0.1, 0.15) is 5.75 Å². The van der Waals surface area contributed by atoms with E-state index in [1.165, 1.54) is 32.1 Å². The van der Waals surface area contributed by atoms with Gasteiger partial charge in [-0.1, -0.05) is 49.6 Å². The number of phenolic OH excluding ortho intramolecular Hbond substituents is 1. The number of ether oxygens (including phenoxy) is 2. The molecule has 1 fully saturated rings. The zero-order valence-electron chi connectivity index (χ0n) is 27.7. The first-order chi connectivity index (χ1) is 24.0. The molecule has 0 atom stereocenters. The fourth-order valence-corrected chi connectivity index (χ4v) is 5.47. The third kappa shape index (κ3) is 12.2. The molecular formula is C37H45N7O5. The van der Waals surface area contributed by atoms with Crippen LogP contribution in [-0.4, -0.2) is 71.3 Å². The molecule has 0 bridgehead atoms. The summed E-state index contributed by atoms with van der Waals surface area (Å²) in [6, 6.07) is 23.0. The van der Waals surface area contributed by atoms with E-state index >= 15 is 0 Å². The summed E-state index contributed by atoms with van der Waals surface area (Å²) in [6.45, 7) is 2.90. The van der Waals surface area contributed by atoms with E-state index in [-0.39, 0.29) is 17.4 Å². The summed E-state index contributed by atoms with van der Waals surface area (Å²) in [5, 5.41) is 22.2. The highest BCUT2D eigenvalue weighted by molar-refractivity contribution is 5.96. The van der Waals surface area contributed by atoms with E-state index in [0.717, 1.165) is 5.56 Å². The molecule has 12 heteroatoms. The minimum Gasteiger partial charge on any atom is -0.508 e. The largest absolute Gasteiger partial charge is 0.508 e. The molecule has 1 amide bonds. The minimum atomic E-state index is -0.0757. The molecule has 12 nitrogen and oxygen atoms in total. The van der Waals surface area contributed by atoms with Crippen LogP contribution in [0, 0.1) is 5.92 Å². The summed E-state index contributed by atoms with van der Waals surface area (Å²) in [7, 11) is 0. The van der Waals surface area contributed by atoms with Crippen molar-refractivity contribution in [2.75, 3.05) is 55.5 Å². The number of aromatic nitrogens is 3. The number of aromatic hydroxyl groups is 1. The summed E-state index contributed by atoms with van der Waals surface area (Å²) in [5.74, 6) is 1.69. The molecule has 49 heavy (non-hydrogen) atoms. The van der Waals surface area contributed by atoms with Gasteiger partial charge >= 0.3 is 0 Å². The standard InChI is InChI=1S/C37H45N7O5/c45-32-19-17-31(18-20-32)41-37-43-35(38-21-23-49-25-24-48-22-7-12-33(46)28-10-5-2-6-11-28)42-36(44-37)40-30-15-13-29(14-16-30)34(47)39-26-27-8-3-1-4-9-27/h2,5-6,10-11,13-20,27,45H,1,3-4,7-9,12,21-26H2,(H,39,47)(H3,38,40,41,42,43,44). The first-order valence-corrected chi connectivity index (χ1v) is 17.0. The molecule has 4 aromatic rings. The minimum absolute atomic E-state index is 0.0757. The molecule has 5 N–H and O–H groups in total. The Kier molecular flexibility index (Phi) is 13.7. The molecule has 5 rings (SSSR count). The Bertz CT molecular complexity index is 1600. The van der Waals surface area contributed by atoms with Gasteiger partial charge in [-0.25, -0.2) is 0 Å². The van der Waals surface area contributed by atoms with Crippen molar-refractivity contribution in [1.82, 2.24) is 20.3 Å². The van der Waals surface area contributed by atoms with E-state index in [9.17, 15) is 14.7 Å². The lowest BCUT2D eigenvalue weighted by Crippen LogP contribution is -2.30. The van der Waals surface area contributed by atoms with Crippen LogP contribution in [0.5, 0.6) is 5.75 Å². The van der Waals surface area contributed by atoms with Crippen molar-refractivity contribution in [2.45, 2.75) is 44.9 Å². The van der Waals surface area contributed by atoms with Gasteiger partial charge in [0.25, 0.3) is 5.91 Å². The molecule has 0 spiro atoms. The number of carbonyl (C=O) groups is 2. The number of nitrogens with one attached hydrogen (secondary N) is 4. The van der Waals surface area contributed by atoms with E-state index < -0.39 is 0 Å². The summed E-state index contributed by atoms with van der Waals surface area (Å²) in [6.07, 6.45) is 7.24. The van der Waals surface area contributed by atoms with Gasteiger partial charge in [-0.05, 0) is 73.7 Å². The van der Waals surface area contributed by atoms with E-state index in [1.54, 1.807) is 36.4 Å². The monoisotopic (exact) mass is 667 g/mol. The van der Waals surface area contributed by atoms with Gasteiger partial charge in [-0.3, -0.25) is 9.59 Å². The van der Waals surface area contributed by atoms with Crippen LogP contribution in [0.25, 0.3) is 0 Å². The summed E-state index contributed by atoms with van der Waals surface area (Å²) in [4.78, 5) is 38.4. The quantitative estimate of drug-likeness (QED) is 0.0423. The molecule has 1 aliphatic carbocycles. The molecule has 1 aromatic heterocycles. The first kappa shape index (κ1) is 35.2. The molecule has 258 valence electrons. The number of benzene rings is 3. The average molecular weight is 668 g/mol. The molecule has 1 aliphatic rings. The normalized spacial score (nSPS) is 13.1. The fraction of sp³-hybridized carbons (Fsp3) is 0.378. The molecule has 0 unspecified atom stereocenters. The number of amides is 1. The predicted octanol–water partition coefficient (Wildman–Crippen LogP) is 6.48. The number of carbonyl (C=O) groups excluding carboxylic acids is 2. The van der Waals surface area contributed by atoms with Crippen LogP contribution >= 0.6 is 0 Å². The highest BCUT2D eigenvalue weighted by Gasteiger charge is 2.15. The maximum atomic E-state index is 12.7. The van der Waals surface area contributed by atoms with E-state index in [0.29, 0.717) is 93.1 Å². The number of hydrogen-bond acceptors (Lipinski definition) is 11. The van der Waals surface area contributed by atoms with Crippen LogP contribution in [0.15, 0.2) is 78.9 Å². The number of anilines is 5. The second kappa shape index (κ2) is 19.1. The lowest BCUT2D eigenvalue weighted by molar-refractivity contribution is 0.0497. The predicted molar refractivity (Wildman–Crippen MR) is 190 cm³/mol. The topological polar surface area (TPSA) is 160 Å². The summed E-state index contributed by atoms with van der Waals surface area (Å²) < 4.78 is 11.3.